The second kappa shape index (κ2) is 6.03. The summed E-state index contributed by atoms with van der Waals surface area (Å²) in [4.78, 5) is 11.7. The Kier molecular flexibility index (Phi) is 4.37. The Bertz CT molecular complexity index is 480. The number of benzene rings is 1. The number of fused-ring (bicyclic) bond motifs is 1. The second-order valence-corrected chi connectivity index (χ2v) is 6.07. The molecule has 110 valence electrons. The van der Waals surface area contributed by atoms with Crippen molar-refractivity contribution < 1.29 is 14.3 Å². The van der Waals surface area contributed by atoms with E-state index in [1.807, 2.05) is 18.2 Å². The Labute approximate surface area is 119 Å². The average Bonchev–Trinajstić information content (AvgIpc) is 2.42. The number of ether oxygens (including phenoxy) is 2. The lowest BCUT2D eigenvalue weighted by atomic mass is 9.97. The van der Waals surface area contributed by atoms with Gasteiger partial charge >= 0.3 is 6.03 Å². The average molecular weight is 278 g/mol. The van der Waals surface area contributed by atoms with Crippen LogP contribution in [0.25, 0.3) is 0 Å². The highest BCUT2D eigenvalue weighted by Crippen LogP contribution is 2.30. The summed E-state index contributed by atoms with van der Waals surface area (Å²) >= 11 is 0. The van der Waals surface area contributed by atoms with Gasteiger partial charge in [0, 0.05) is 13.1 Å². The number of hydrogen-bond acceptors (Lipinski definition) is 3. The van der Waals surface area contributed by atoms with Gasteiger partial charge in [-0.15, -0.1) is 0 Å². The third-order valence-corrected chi connectivity index (χ3v) is 2.84. The lowest BCUT2D eigenvalue weighted by Gasteiger charge is -2.20. The summed E-state index contributed by atoms with van der Waals surface area (Å²) in [5, 5.41) is 5.68. The van der Waals surface area contributed by atoms with Gasteiger partial charge in [0.1, 0.15) is 13.2 Å². The van der Waals surface area contributed by atoms with Crippen molar-refractivity contribution in [3.8, 4) is 11.5 Å². The molecule has 0 saturated heterocycles. The standard InChI is InChI=1S/C15H22N2O3/c1-15(2,3)10-17-14(18)16-9-11-4-5-12-13(8-11)20-7-6-19-12/h4-5,8H,6-7,9-10H2,1-3H3,(H2,16,17,18). The largest absolute Gasteiger partial charge is 0.486 e. The smallest absolute Gasteiger partial charge is 0.315 e. The van der Waals surface area contributed by atoms with Gasteiger partial charge in [0.05, 0.1) is 0 Å². The third kappa shape index (κ3) is 4.33. The molecule has 0 spiro atoms. The topological polar surface area (TPSA) is 59.6 Å². The van der Waals surface area contributed by atoms with E-state index in [1.54, 1.807) is 0 Å². The maximum absolute atomic E-state index is 11.7. The molecule has 0 bridgehead atoms. The fourth-order valence-electron chi connectivity index (χ4n) is 1.79. The van der Waals surface area contributed by atoms with E-state index in [4.69, 9.17) is 9.47 Å². The van der Waals surface area contributed by atoms with Crippen LogP contribution in [0, 0.1) is 5.41 Å². The van der Waals surface area contributed by atoms with Crippen molar-refractivity contribution >= 4 is 6.03 Å². The maximum atomic E-state index is 11.7. The molecule has 0 radical (unpaired) electrons. The number of carbonyl (C=O) groups excluding carboxylic acids is 1. The van der Waals surface area contributed by atoms with Gasteiger partial charge < -0.3 is 20.1 Å². The van der Waals surface area contributed by atoms with Gasteiger partial charge in [-0.2, -0.15) is 0 Å². The molecular formula is C15H22N2O3. The zero-order valence-electron chi connectivity index (χ0n) is 12.3. The molecule has 0 aliphatic carbocycles. The van der Waals surface area contributed by atoms with Crippen molar-refractivity contribution in [3.63, 3.8) is 0 Å². The van der Waals surface area contributed by atoms with Crippen LogP contribution in [0.2, 0.25) is 0 Å². The van der Waals surface area contributed by atoms with Crippen molar-refractivity contribution in [1.82, 2.24) is 10.6 Å². The van der Waals surface area contributed by atoms with Crippen LogP contribution in [0.4, 0.5) is 4.79 Å². The molecule has 1 aliphatic rings. The second-order valence-electron chi connectivity index (χ2n) is 6.07. The van der Waals surface area contributed by atoms with E-state index >= 15 is 0 Å². The maximum Gasteiger partial charge on any atom is 0.315 e. The third-order valence-electron chi connectivity index (χ3n) is 2.84. The molecule has 0 aromatic heterocycles. The predicted octanol–water partition coefficient (Wildman–Crippen LogP) is 2.30. The molecule has 5 nitrogen and oxygen atoms in total. The highest BCUT2D eigenvalue weighted by molar-refractivity contribution is 5.73. The zero-order chi connectivity index (χ0) is 14.6. The first-order chi connectivity index (χ1) is 9.44. The number of hydrogen-bond donors (Lipinski definition) is 2. The zero-order valence-corrected chi connectivity index (χ0v) is 12.3. The highest BCUT2D eigenvalue weighted by Gasteiger charge is 2.13. The Morgan fingerprint density at radius 3 is 2.55 bits per heavy atom. The minimum Gasteiger partial charge on any atom is -0.486 e. The molecule has 1 aliphatic heterocycles. The summed E-state index contributed by atoms with van der Waals surface area (Å²) in [5.41, 5.74) is 1.06. The molecule has 0 unspecified atom stereocenters. The van der Waals surface area contributed by atoms with Crippen LogP contribution in [0.3, 0.4) is 0 Å². The molecule has 2 N–H and O–H groups in total. The number of nitrogens with one attached hydrogen (secondary N) is 2. The summed E-state index contributed by atoms with van der Waals surface area (Å²) in [7, 11) is 0. The van der Waals surface area contributed by atoms with Crippen molar-refractivity contribution in [1.29, 1.82) is 0 Å². The van der Waals surface area contributed by atoms with E-state index in [-0.39, 0.29) is 11.4 Å². The summed E-state index contributed by atoms with van der Waals surface area (Å²) in [5.74, 6) is 1.50. The van der Waals surface area contributed by atoms with E-state index in [0.29, 0.717) is 26.3 Å². The summed E-state index contributed by atoms with van der Waals surface area (Å²) < 4.78 is 11.0. The monoisotopic (exact) mass is 278 g/mol. The summed E-state index contributed by atoms with van der Waals surface area (Å²) in [6.07, 6.45) is 0. The fraction of sp³-hybridized carbons (Fsp3) is 0.533. The molecule has 0 saturated carbocycles. The van der Waals surface area contributed by atoms with Crippen LogP contribution < -0.4 is 20.1 Å². The minimum atomic E-state index is -0.158. The van der Waals surface area contributed by atoms with Crippen LogP contribution in [0.15, 0.2) is 18.2 Å². The van der Waals surface area contributed by atoms with Gasteiger partial charge in [-0.3, -0.25) is 0 Å². The van der Waals surface area contributed by atoms with Crippen molar-refractivity contribution in [2.75, 3.05) is 19.8 Å². The van der Waals surface area contributed by atoms with Gasteiger partial charge in [-0.1, -0.05) is 26.8 Å². The molecule has 0 atom stereocenters. The van der Waals surface area contributed by atoms with E-state index < -0.39 is 0 Å². The normalized spacial score (nSPS) is 13.8. The Hall–Kier alpha value is -1.91. The van der Waals surface area contributed by atoms with Gasteiger partial charge in [-0.25, -0.2) is 4.79 Å². The van der Waals surface area contributed by atoms with Crippen LogP contribution in [0.1, 0.15) is 26.3 Å². The molecule has 2 rings (SSSR count). The van der Waals surface area contributed by atoms with E-state index in [2.05, 4.69) is 31.4 Å². The van der Waals surface area contributed by atoms with Crippen LogP contribution in [0.5, 0.6) is 11.5 Å². The minimum absolute atomic E-state index is 0.0777. The summed E-state index contributed by atoms with van der Waals surface area (Å²) in [6.45, 7) is 8.48. The number of amides is 2. The van der Waals surface area contributed by atoms with Gasteiger partial charge in [0.2, 0.25) is 0 Å². The SMILES string of the molecule is CC(C)(C)CNC(=O)NCc1ccc2c(c1)OCCO2. The van der Waals surface area contributed by atoms with Gasteiger partial charge in [0.25, 0.3) is 0 Å². The predicted molar refractivity (Wildman–Crippen MR) is 77.1 cm³/mol. The Morgan fingerprint density at radius 2 is 1.85 bits per heavy atom. The van der Waals surface area contributed by atoms with Crippen LogP contribution in [-0.2, 0) is 6.54 Å². The van der Waals surface area contributed by atoms with Crippen molar-refractivity contribution in [2.45, 2.75) is 27.3 Å². The van der Waals surface area contributed by atoms with E-state index in [1.165, 1.54) is 0 Å². The lowest BCUT2D eigenvalue weighted by Crippen LogP contribution is -2.39. The summed E-state index contributed by atoms with van der Waals surface area (Å²) in [6, 6.07) is 5.55. The number of rotatable bonds is 3. The molecular weight excluding hydrogens is 256 g/mol. The molecule has 20 heavy (non-hydrogen) atoms. The first kappa shape index (κ1) is 14.5. The van der Waals surface area contributed by atoms with Crippen molar-refractivity contribution in [2.24, 2.45) is 5.41 Å². The van der Waals surface area contributed by atoms with E-state index in [9.17, 15) is 4.79 Å². The molecule has 1 aromatic carbocycles. The Balaban J connectivity index is 1.83. The number of urea groups is 1. The first-order valence-corrected chi connectivity index (χ1v) is 6.84. The van der Waals surface area contributed by atoms with Crippen LogP contribution >= 0.6 is 0 Å². The Morgan fingerprint density at radius 1 is 1.15 bits per heavy atom. The molecule has 1 aromatic rings. The highest BCUT2D eigenvalue weighted by atomic mass is 16.6. The number of carbonyl (C=O) groups is 1. The molecule has 0 fully saturated rings. The molecule has 2 amide bonds. The molecule has 5 heteroatoms. The fourth-order valence-corrected chi connectivity index (χ4v) is 1.79. The van der Waals surface area contributed by atoms with Gasteiger partial charge in [-0.05, 0) is 23.1 Å². The van der Waals surface area contributed by atoms with E-state index in [0.717, 1.165) is 17.1 Å². The van der Waals surface area contributed by atoms with Crippen molar-refractivity contribution in [3.05, 3.63) is 23.8 Å². The lowest BCUT2D eigenvalue weighted by molar-refractivity contribution is 0.171. The first-order valence-electron chi connectivity index (χ1n) is 6.84. The quantitative estimate of drug-likeness (QED) is 0.892. The molecule has 1 heterocycles. The van der Waals surface area contributed by atoms with Gasteiger partial charge in [0.15, 0.2) is 11.5 Å². The van der Waals surface area contributed by atoms with Crippen LogP contribution in [-0.4, -0.2) is 25.8 Å².